The van der Waals surface area contributed by atoms with Crippen LogP contribution in [0.15, 0.2) is 0 Å². The van der Waals surface area contributed by atoms with Crippen LogP contribution in [0.4, 0.5) is 4.79 Å². The predicted molar refractivity (Wildman–Crippen MR) is 73.0 cm³/mol. The number of carboxylic acids is 2. The number of nitrogens with one attached hydrogen (secondary N) is 2. The fraction of sp³-hybridized carbons (Fsp3) is 0.769. The monoisotopic (exact) mass is 302 g/mol. The van der Waals surface area contributed by atoms with E-state index in [1.54, 1.807) is 0 Å². The molecule has 8 heteroatoms. The van der Waals surface area contributed by atoms with E-state index in [4.69, 9.17) is 24.5 Å². The third-order valence-electron chi connectivity index (χ3n) is 3.50. The predicted octanol–water partition coefficient (Wildman–Crippen LogP) is 0.419. The molecule has 1 heterocycles. The lowest BCUT2D eigenvalue weighted by Crippen LogP contribution is -2.69. The zero-order valence-electron chi connectivity index (χ0n) is 12.4. The molecule has 1 spiro atoms. The molecule has 0 radical (unpaired) electrons. The van der Waals surface area contributed by atoms with Crippen LogP contribution in [-0.2, 0) is 14.3 Å². The maximum absolute atomic E-state index is 11.5. The van der Waals surface area contributed by atoms with Gasteiger partial charge < -0.3 is 25.6 Å². The van der Waals surface area contributed by atoms with Crippen molar-refractivity contribution in [2.45, 2.75) is 45.3 Å². The van der Waals surface area contributed by atoms with E-state index in [-0.39, 0.29) is 6.09 Å². The number of hydrogen-bond acceptors (Lipinski definition) is 5. The molecule has 0 aromatic heterocycles. The van der Waals surface area contributed by atoms with Crippen LogP contribution >= 0.6 is 0 Å². The highest BCUT2D eigenvalue weighted by Gasteiger charge is 2.51. The number of carbonyl (C=O) groups excluding carboxylic acids is 1. The van der Waals surface area contributed by atoms with E-state index in [2.05, 4.69) is 10.6 Å². The molecule has 1 saturated heterocycles. The molecule has 2 rings (SSSR count). The Hall–Kier alpha value is -1.83. The molecule has 0 aromatic carbocycles. The Morgan fingerprint density at radius 2 is 1.71 bits per heavy atom. The van der Waals surface area contributed by atoms with Crippen molar-refractivity contribution in [1.29, 1.82) is 0 Å². The second kappa shape index (κ2) is 6.30. The average molecular weight is 302 g/mol. The molecule has 0 bridgehead atoms. The molecule has 1 aliphatic heterocycles. The summed E-state index contributed by atoms with van der Waals surface area (Å²) in [6, 6.07) is 0.314. The quantitative estimate of drug-likeness (QED) is 0.517. The maximum atomic E-state index is 11.5. The lowest BCUT2D eigenvalue weighted by molar-refractivity contribution is -0.159. The standard InChI is InChI=1S/C11H20N2O2.C2H2O4/c1-10(2,3)15-9(14)13-8-4-5-11(8)6-12-7-11;3-1(4)2(5)6/h8,12H,4-7H2,1-3H3,(H,13,14);(H,3,4)(H,5,6). The van der Waals surface area contributed by atoms with E-state index >= 15 is 0 Å². The van der Waals surface area contributed by atoms with E-state index < -0.39 is 17.5 Å². The Kier molecular flexibility index (Phi) is 5.16. The fourth-order valence-electron chi connectivity index (χ4n) is 2.24. The molecule has 4 N–H and O–H groups in total. The van der Waals surface area contributed by atoms with Crippen molar-refractivity contribution < 1.29 is 29.3 Å². The number of hydrogen-bond donors (Lipinski definition) is 4. The summed E-state index contributed by atoms with van der Waals surface area (Å²) in [4.78, 5) is 29.7. The second-order valence-electron chi connectivity index (χ2n) is 6.31. The van der Waals surface area contributed by atoms with E-state index in [1.165, 1.54) is 6.42 Å². The first-order valence-electron chi connectivity index (χ1n) is 6.72. The van der Waals surface area contributed by atoms with Crippen LogP contribution in [-0.4, -0.2) is 53.0 Å². The van der Waals surface area contributed by atoms with Gasteiger partial charge in [0.2, 0.25) is 0 Å². The van der Waals surface area contributed by atoms with Crippen molar-refractivity contribution in [3.63, 3.8) is 0 Å². The summed E-state index contributed by atoms with van der Waals surface area (Å²) in [6.07, 6.45) is 2.03. The number of carboxylic acid groups (broad SMARTS) is 2. The van der Waals surface area contributed by atoms with E-state index in [1.807, 2.05) is 20.8 Å². The molecule has 1 amide bonds. The van der Waals surface area contributed by atoms with E-state index in [0.29, 0.717) is 11.5 Å². The van der Waals surface area contributed by atoms with Gasteiger partial charge in [0.1, 0.15) is 5.60 Å². The smallest absolute Gasteiger partial charge is 0.414 e. The third-order valence-corrected chi connectivity index (χ3v) is 3.50. The van der Waals surface area contributed by atoms with Crippen molar-refractivity contribution >= 4 is 18.0 Å². The van der Waals surface area contributed by atoms with Gasteiger partial charge in [0.05, 0.1) is 0 Å². The summed E-state index contributed by atoms with van der Waals surface area (Å²) >= 11 is 0. The normalized spacial score (nSPS) is 22.0. The number of aliphatic carboxylic acids is 2. The van der Waals surface area contributed by atoms with Gasteiger partial charge in [0, 0.05) is 24.5 Å². The van der Waals surface area contributed by atoms with Gasteiger partial charge in [-0.2, -0.15) is 0 Å². The Bertz CT molecular complexity index is 407. The molecule has 120 valence electrons. The van der Waals surface area contributed by atoms with Gasteiger partial charge in [-0.05, 0) is 33.6 Å². The largest absolute Gasteiger partial charge is 0.473 e. The molecule has 1 aliphatic carbocycles. The Morgan fingerprint density at radius 3 is 1.95 bits per heavy atom. The summed E-state index contributed by atoms with van der Waals surface area (Å²) in [7, 11) is 0. The minimum Gasteiger partial charge on any atom is -0.473 e. The summed E-state index contributed by atoms with van der Waals surface area (Å²) in [5, 5.41) is 21.0. The number of amides is 1. The lowest BCUT2D eigenvalue weighted by Gasteiger charge is -2.56. The first kappa shape index (κ1) is 17.2. The molecular formula is C13H22N2O6. The molecule has 21 heavy (non-hydrogen) atoms. The van der Waals surface area contributed by atoms with Gasteiger partial charge in [0.15, 0.2) is 0 Å². The molecule has 8 nitrogen and oxygen atoms in total. The SMILES string of the molecule is CC(C)(C)OC(=O)NC1CCC12CNC2.O=C(O)C(=O)O. The average Bonchev–Trinajstić information content (AvgIpc) is 2.20. The van der Waals surface area contributed by atoms with Crippen LogP contribution in [0.25, 0.3) is 0 Å². The van der Waals surface area contributed by atoms with Crippen LogP contribution < -0.4 is 10.6 Å². The molecule has 1 saturated carbocycles. The molecule has 1 unspecified atom stereocenters. The van der Waals surface area contributed by atoms with Crippen LogP contribution in [0.5, 0.6) is 0 Å². The molecule has 2 aliphatic rings. The molecular weight excluding hydrogens is 280 g/mol. The number of rotatable bonds is 1. The Morgan fingerprint density at radius 1 is 1.19 bits per heavy atom. The van der Waals surface area contributed by atoms with Crippen molar-refractivity contribution in [2.75, 3.05) is 13.1 Å². The number of alkyl carbamates (subject to hydrolysis) is 1. The minimum atomic E-state index is -1.82. The van der Waals surface area contributed by atoms with Gasteiger partial charge in [-0.25, -0.2) is 14.4 Å². The summed E-state index contributed by atoms with van der Waals surface area (Å²) in [6.45, 7) is 7.72. The van der Waals surface area contributed by atoms with Gasteiger partial charge in [0.25, 0.3) is 0 Å². The second-order valence-corrected chi connectivity index (χ2v) is 6.31. The highest BCUT2D eigenvalue weighted by Crippen LogP contribution is 2.44. The van der Waals surface area contributed by atoms with Crippen molar-refractivity contribution in [3.05, 3.63) is 0 Å². The topological polar surface area (TPSA) is 125 Å². The Balaban J connectivity index is 0.000000315. The number of ether oxygens (including phenoxy) is 1. The lowest BCUT2D eigenvalue weighted by atomic mass is 9.60. The molecule has 2 fully saturated rings. The summed E-state index contributed by atoms with van der Waals surface area (Å²) < 4.78 is 5.24. The highest BCUT2D eigenvalue weighted by molar-refractivity contribution is 6.27. The molecule has 0 aromatic rings. The van der Waals surface area contributed by atoms with Crippen molar-refractivity contribution in [3.8, 4) is 0 Å². The zero-order valence-corrected chi connectivity index (χ0v) is 12.4. The van der Waals surface area contributed by atoms with Crippen LogP contribution in [0, 0.1) is 5.41 Å². The Labute approximate surface area is 122 Å². The summed E-state index contributed by atoms with van der Waals surface area (Å²) in [5.41, 5.74) is -0.0598. The van der Waals surface area contributed by atoms with Gasteiger partial charge in [-0.15, -0.1) is 0 Å². The van der Waals surface area contributed by atoms with E-state index in [9.17, 15) is 4.79 Å². The third kappa shape index (κ3) is 4.89. The minimum absolute atomic E-state index is 0.279. The first-order chi connectivity index (χ1) is 9.56. The summed E-state index contributed by atoms with van der Waals surface area (Å²) in [5.74, 6) is -3.65. The van der Waals surface area contributed by atoms with Gasteiger partial charge in [-0.3, -0.25) is 0 Å². The van der Waals surface area contributed by atoms with Crippen LogP contribution in [0.1, 0.15) is 33.6 Å². The fourth-order valence-corrected chi connectivity index (χ4v) is 2.24. The van der Waals surface area contributed by atoms with Crippen LogP contribution in [0.3, 0.4) is 0 Å². The maximum Gasteiger partial charge on any atom is 0.414 e. The van der Waals surface area contributed by atoms with Crippen molar-refractivity contribution in [2.24, 2.45) is 5.41 Å². The highest BCUT2D eigenvalue weighted by atomic mass is 16.6. The van der Waals surface area contributed by atoms with E-state index in [0.717, 1.165) is 19.5 Å². The first-order valence-corrected chi connectivity index (χ1v) is 6.72. The number of carbonyl (C=O) groups is 3. The molecule has 1 atom stereocenters. The zero-order chi connectivity index (χ0) is 16.3. The van der Waals surface area contributed by atoms with Gasteiger partial charge in [-0.1, -0.05) is 0 Å². The van der Waals surface area contributed by atoms with Gasteiger partial charge >= 0.3 is 18.0 Å². The van der Waals surface area contributed by atoms with Crippen LogP contribution in [0.2, 0.25) is 0 Å². The van der Waals surface area contributed by atoms with Crippen molar-refractivity contribution in [1.82, 2.24) is 10.6 Å².